The fourth-order valence-electron chi connectivity index (χ4n) is 2.40. The smallest absolute Gasteiger partial charge is 0.227 e. The molecule has 1 amide bonds. The Bertz CT molecular complexity index is 450. The van der Waals surface area contributed by atoms with Gasteiger partial charge in [-0.2, -0.15) is 0 Å². The average molecular weight is 260 g/mol. The number of carbonyl (C=O) groups excluding carboxylic acids is 1. The minimum Gasteiger partial charge on any atom is -0.341 e. The molecular weight excluding hydrogens is 236 g/mol. The summed E-state index contributed by atoms with van der Waals surface area (Å²) in [6, 6.07) is 8.23. The summed E-state index contributed by atoms with van der Waals surface area (Å²) in [6.07, 6.45) is 1.46. The fourth-order valence-corrected chi connectivity index (χ4v) is 2.40. The molecule has 19 heavy (non-hydrogen) atoms. The van der Waals surface area contributed by atoms with Crippen molar-refractivity contribution < 1.29 is 4.79 Å². The zero-order valence-electron chi connectivity index (χ0n) is 12.1. The van der Waals surface area contributed by atoms with Gasteiger partial charge in [-0.1, -0.05) is 43.7 Å². The number of benzene rings is 1. The lowest BCUT2D eigenvalue weighted by Crippen LogP contribution is -2.54. The van der Waals surface area contributed by atoms with Gasteiger partial charge in [0.2, 0.25) is 5.91 Å². The summed E-state index contributed by atoms with van der Waals surface area (Å²) < 4.78 is 0. The number of amides is 1. The van der Waals surface area contributed by atoms with Crippen LogP contribution in [-0.2, 0) is 11.2 Å². The molecule has 2 rings (SSSR count). The third kappa shape index (κ3) is 3.35. The van der Waals surface area contributed by atoms with Gasteiger partial charge in [-0.3, -0.25) is 4.79 Å². The van der Waals surface area contributed by atoms with Crippen molar-refractivity contribution in [2.45, 2.75) is 39.7 Å². The zero-order valence-corrected chi connectivity index (χ0v) is 12.1. The lowest BCUT2D eigenvalue weighted by atomic mass is 9.78. The largest absolute Gasteiger partial charge is 0.341 e. The maximum absolute atomic E-state index is 12.3. The van der Waals surface area contributed by atoms with E-state index in [1.54, 1.807) is 0 Å². The monoisotopic (exact) mass is 260 g/mol. The molecule has 1 atom stereocenters. The Morgan fingerprint density at radius 1 is 1.37 bits per heavy atom. The standard InChI is InChI=1S/C16H24N2O/c1-12-4-6-13(7-5-12)10-15(19)18-9-8-16(2,3)14(17)11-18/h4-7,14H,8-11,17H2,1-3H3. The Kier molecular flexibility index (Phi) is 3.95. The van der Waals surface area contributed by atoms with Crippen LogP contribution in [0.25, 0.3) is 0 Å². The molecule has 1 heterocycles. The molecule has 1 aromatic carbocycles. The molecule has 104 valence electrons. The Labute approximate surface area is 115 Å². The van der Waals surface area contributed by atoms with E-state index < -0.39 is 0 Å². The van der Waals surface area contributed by atoms with Crippen molar-refractivity contribution in [1.29, 1.82) is 0 Å². The molecule has 0 aromatic heterocycles. The van der Waals surface area contributed by atoms with Crippen LogP contribution < -0.4 is 5.73 Å². The van der Waals surface area contributed by atoms with Crippen molar-refractivity contribution in [2.24, 2.45) is 11.1 Å². The summed E-state index contributed by atoms with van der Waals surface area (Å²) in [5.41, 5.74) is 8.60. The second-order valence-electron chi connectivity index (χ2n) is 6.35. The molecule has 1 unspecified atom stereocenters. The predicted octanol–water partition coefficient (Wildman–Crippen LogP) is 2.12. The summed E-state index contributed by atoms with van der Waals surface area (Å²) in [7, 11) is 0. The number of hydrogen-bond acceptors (Lipinski definition) is 2. The van der Waals surface area contributed by atoms with Gasteiger partial charge in [0.1, 0.15) is 0 Å². The quantitative estimate of drug-likeness (QED) is 0.885. The van der Waals surface area contributed by atoms with E-state index >= 15 is 0 Å². The Hall–Kier alpha value is -1.35. The highest BCUT2D eigenvalue weighted by atomic mass is 16.2. The predicted molar refractivity (Wildman–Crippen MR) is 77.8 cm³/mol. The first-order valence-corrected chi connectivity index (χ1v) is 6.97. The van der Waals surface area contributed by atoms with Crippen molar-refractivity contribution >= 4 is 5.91 Å². The van der Waals surface area contributed by atoms with Gasteiger partial charge in [0.15, 0.2) is 0 Å². The Balaban J connectivity index is 1.96. The normalized spacial score (nSPS) is 22.3. The van der Waals surface area contributed by atoms with E-state index in [-0.39, 0.29) is 17.4 Å². The molecule has 2 N–H and O–H groups in total. The third-order valence-corrected chi connectivity index (χ3v) is 4.28. The van der Waals surface area contributed by atoms with Crippen LogP contribution in [-0.4, -0.2) is 29.9 Å². The second kappa shape index (κ2) is 5.33. The molecule has 0 bridgehead atoms. The number of hydrogen-bond donors (Lipinski definition) is 1. The first kappa shape index (κ1) is 14.1. The molecule has 1 aromatic rings. The van der Waals surface area contributed by atoms with E-state index in [9.17, 15) is 4.79 Å². The summed E-state index contributed by atoms with van der Waals surface area (Å²) >= 11 is 0. The molecular formula is C16H24N2O. The Morgan fingerprint density at radius 3 is 2.58 bits per heavy atom. The number of nitrogens with two attached hydrogens (primary N) is 1. The van der Waals surface area contributed by atoms with Crippen molar-refractivity contribution in [1.82, 2.24) is 4.90 Å². The second-order valence-corrected chi connectivity index (χ2v) is 6.35. The lowest BCUT2D eigenvalue weighted by molar-refractivity contribution is -0.133. The maximum Gasteiger partial charge on any atom is 0.227 e. The number of aryl methyl sites for hydroxylation is 1. The maximum atomic E-state index is 12.3. The van der Waals surface area contributed by atoms with Crippen molar-refractivity contribution in [3.8, 4) is 0 Å². The van der Waals surface area contributed by atoms with Gasteiger partial charge in [-0.05, 0) is 24.3 Å². The fraction of sp³-hybridized carbons (Fsp3) is 0.562. The topological polar surface area (TPSA) is 46.3 Å². The van der Waals surface area contributed by atoms with Gasteiger partial charge >= 0.3 is 0 Å². The lowest BCUT2D eigenvalue weighted by Gasteiger charge is -2.42. The van der Waals surface area contributed by atoms with Crippen molar-refractivity contribution in [3.63, 3.8) is 0 Å². The van der Waals surface area contributed by atoms with E-state index in [0.717, 1.165) is 18.5 Å². The van der Waals surface area contributed by atoms with Crippen LogP contribution in [0.4, 0.5) is 0 Å². The first-order valence-electron chi connectivity index (χ1n) is 6.97. The highest BCUT2D eigenvalue weighted by Crippen LogP contribution is 2.29. The molecule has 0 aliphatic carbocycles. The van der Waals surface area contributed by atoms with Gasteiger partial charge in [-0.25, -0.2) is 0 Å². The minimum atomic E-state index is 0.0724. The van der Waals surface area contributed by atoms with E-state index in [1.165, 1.54) is 5.56 Å². The van der Waals surface area contributed by atoms with Gasteiger partial charge in [0.25, 0.3) is 0 Å². The highest BCUT2D eigenvalue weighted by molar-refractivity contribution is 5.79. The first-order chi connectivity index (χ1) is 8.88. The van der Waals surface area contributed by atoms with Crippen LogP contribution in [0.15, 0.2) is 24.3 Å². The zero-order chi connectivity index (χ0) is 14.0. The molecule has 3 heteroatoms. The molecule has 1 fully saturated rings. The molecule has 0 spiro atoms. The molecule has 0 radical (unpaired) electrons. The van der Waals surface area contributed by atoms with Crippen LogP contribution in [0, 0.1) is 12.3 Å². The summed E-state index contributed by atoms with van der Waals surface area (Å²) in [4.78, 5) is 14.2. The summed E-state index contributed by atoms with van der Waals surface area (Å²) in [6.45, 7) is 7.92. The van der Waals surface area contributed by atoms with E-state index in [1.807, 2.05) is 29.2 Å². The molecule has 0 saturated carbocycles. The van der Waals surface area contributed by atoms with Gasteiger partial charge in [-0.15, -0.1) is 0 Å². The van der Waals surface area contributed by atoms with E-state index in [2.05, 4.69) is 20.8 Å². The van der Waals surface area contributed by atoms with Gasteiger partial charge in [0, 0.05) is 19.1 Å². The van der Waals surface area contributed by atoms with Crippen LogP contribution >= 0.6 is 0 Å². The van der Waals surface area contributed by atoms with Crippen LogP contribution in [0.1, 0.15) is 31.4 Å². The number of piperidine rings is 1. The molecule has 1 saturated heterocycles. The van der Waals surface area contributed by atoms with Crippen LogP contribution in [0.5, 0.6) is 0 Å². The summed E-state index contributed by atoms with van der Waals surface area (Å²) in [5.74, 6) is 0.190. The average Bonchev–Trinajstić information content (AvgIpc) is 2.35. The number of rotatable bonds is 2. The minimum absolute atomic E-state index is 0.0724. The van der Waals surface area contributed by atoms with Crippen molar-refractivity contribution in [3.05, 3.63) is 35.4 Å². The van der Waals surface area contributed by atoms with E-state index in [0.29, 0.717) is 13.0 Å². The highest BCUT2D eigenvalue weighted by Gasteiger charge is 2.34. The van der Waals surface area contributed by atoms with Crippen molar-refractivity contribution in [2.75, 3.05) is 13.1 Å². The van der Waals surface area contributed by atoms with Gasteiger partial charge < -0.3 is 10.6 Å². The third-order valence-electron chi connectivity index (χ3n) is 4.28. The molecule has 1 aliphatic rings. The van der Waals surface area contributed by atoms with E-state index in [4.69, 9.17) is 5.73 Å². The van der Waals surface area contributed by atoms with Crippen LogP contribution in [0.2, 0.25) is 0 Å². The number of nitrogens with zero attached hydrogens (tertiary/aromatic N) is 1. The number of carbonyl (C=O) groups is 1. The molecule has 1 aliphatic heterocycles. The van der Waals surface area contributed by atoms with Crippen LogP contribution in [0.3, 0.4) is 0 Å². The SMILES string of the molecule is Cc1ccc(CC(=O)N2CCC(C)(C)C(N)C2)cc1. The Morgan fingerprint density at radius 2 is 2.00 bits per heavy atom. The van der Waals surface area contributed by atoms with Gasteiger partial charge in [0.05, 0.1) is 6.42 Å². The number of likely N-dealkylation sites (tertiary alicyclic amines) is 1. The summed E-state index contributed by atoms with van der Waals surface area (Å²) in [5, 5.41) is 0. The molecule has 3 nitrogen and oxygen atoms in total.